The maximum absolute atomic E-state index is 12.5. The first-order valence-corrected chi connectivity index (χ1v) is 9.21. The normalized spacial score (nSPS) is 11.6. The molecule has 0 aliphatic rings. The molecule has 1 heterocycles. The van der Waals surface area contributed by atoms with Gasteiger partial charge in [0.25, 0.3) is 11.6 Å². The van der Waals surface area contributed by atoms with Crippen molar-refractivity contribution in [3.05, 3.63) is 59.1 Å². The van der Waals surface area contributed by atoms with Crippen molar-refractivity contribution < 1.29 is 24.0 Å². The zero-order chi connectivity index (χ0) is 20.1. The van der Waals surface area contributed by atoms with Gasteiger partial charge in [0.2, 0.25) is 6.54 Å². The van der Waals surface area contributed by atoms with Crippen LogP contribution < -0.4 is 0 Å². The zero-order valence-corrected chi connectivity index (χ0v) is 16.1. The van der Waals surface area contributed by atoms with E-state index < -0.39 is 5.97 Å². The third-order valence-electron chi connectivity index (χ3n) is 4.21. The minimum absolute atomic E-state index is 0.0417. The van der Waals surface area contributed by atoms with Crippen LogP contribution in [0, 0.1) is 0 Å². The van der Waals surface area contributed by atoms with Crippen LogP contribution >= 0.6 is 11.6 Å². The van der Waals surface area contributed by atoms with Crippen molar-refractivity contribution in [1.82, 2.24) is 4.98 Å². The van der Waals surface area contributed by atoms with E-state index in [0.717, 1.165) is 10.9 Å². The number of ether oxygens (including phenoxy) is 1. The van der Waals surface area contributed by atoms with Crippen LogP contribution in [0.3, 0.4) is 0 Å². The van der Waals surface area contributed by atoms with Crippen LogP contribution in [-0.2, 0) is 9.53 Å². The van der Waals surface area contributed by atoms with Crippen LogP contribution in [0.1, 0.15) is 23.7 Å². The summed E-state index contributed by atoms with van der Waals surface area (Å²) in [6, 6.07) is 13.9. The summed E-state index contributed by atoms with van der Waals surface area (Å²) in [6.07, 6.45) is 1.63. The quantitative estimate of drug-likeness (QED) is 0.271. The van der Waals surface area contributed by atoms with Crippen LogP contribution in [0.4, 0.5) is 5.69 Å². The Morgan fingerprint density at radius 3 is 2.61 bits per heavy atom. The highest BCUT2D eigenvalue weighted by Gasteiger charge is 2.25. The molecule has 0 unspecified atom stereocenters. The van der Waals surface area contributed by atoms with Gasteiger partial charge in [-0.3, -0.25) is 4.79 Å². The smallest absolute Gasteiger partial charge is 0.372 e. The van der Waals surface area contributed by atoms with E-state index in [1.807, 2.05) is 24.3 Å². The first kappa shape index (κ1) is 19.6. The zero-order valence-electron chi connectivity index (χ0n) is 15.3. The van der Waals surface area contributed by atoms with E-state index in [9.17, 15) is 14.7 Å². The molecule has 0 aliphatic heterocycles. The molecule has 0 saturated carbocycles. The van der Waals surface area contributed by atoms with Crippen LogP contribution in [-0.4, -0.2) is 45.8 Å². The van der Waals surface area contributed by atoms with Gasteiger partial charge in [-0.2, -0.15) is 4.58 Å². The van der Waals surface area contributed by atoms with E-state index in [-0.39, 0.29) is 31.2 Å². The fourth-order valence-corrected chi connectivity index (χ4v) is 3.06. The summed E-state index contributed by atoms with van der Waals surface area (Å²) in [4.78, 5) is 27.5. The summed E-state index contributed by atoms with van der Waals surface area (Å²) < 4.78 is 6.58. The molecule has 28 heavy (non-hydrogen) atoms. The number of carbonyl (C=O) groups excluding carboxylic acids is 2. The van der Waals surface area contributed by atoms with Crippen molar-refractivity contribution in [2.45, 2.75) is 13.3 Å². The van der Waals surface area contributed by atoms with E-state index in [2.05, 4.69) is 4.98 Å². The predicted octanol–water partition coefficient (Wildman–Crippen LogP) is 4.08. The van der Waals surface area contributed by atoms with Crippen LogP contribution in [0.15, 0.2) is 48.5 Å². The molecule has 144 valence electrons. The number of esters is 1. The first-order valence-electron chi connectivity index (χ1n) is 8.83. The lowest BCUT2D eigenvalue weighted by Crippen LogP contribution is -2.21. The van der Waals surface area contributed by atoms with Crippen molar-refractivity contribution in [1.29, 1.82) is 0 Å². The molecule has 0 bridgehead atoms. The minimum Gasteiger partial charge on any atom is -0.490 e. The second kappa shape index (κ2) is 8.71. The highest BCUT2D eigenvalue weighted by Crippen LogP contribution is 2.34. The first-order chi connectivity index (χ1) is 13.5. The highest BCUT2D eigenvalue weighted by molar-refractivity contribution is 6.30. The monoisotopic (exact) mass is 399 g/mol. The third kappa shape index (κ3) is 4.40. The Bertz CT molecular complexity index is 1040. The summed E-state index contributed by atoms with van der Waals surface area (Å²) in [7, 11) is 0. The average Bonchev–Trinajstić information content (AvgIpc) is 3.01. The molecule has 1 aromatic heterocycles. The summed E-state index contributed by atoms with van der Waals surface area (Å²) in [5, 5.41) is 11.7. The number of H-pyrrole nitrogens is 1. The Labute approximate surface area is 167 Å². The highest BCUT2D eigenvalue weighted by atomic mass is 35.5. The molecular formula is C21H20ClN2O4+. The Hall–Kier alpha value is -3.12. The van der Waals surface area contributed by atoms with Gasteiger partial charge in [0.1, 0.15) is 0 Å². The molecule has 2 aromatic carbocycles. The number of hydrogen-bond donors (Lipinski definition) is 2. The van der Waals surface area contributed by atoms with Gasteiger partial charge in [-0.1, -0.05) is 23.7 Å². The third-order valence-corrected chi connectivity index (χ3v) is 4.47. The number of nitrogens with zero attached hydrogens (tertiary/aromatic N) is 1. The SMILES string of the molecule is CCOC(=O)C[N+](=CCC(=O)c1ccc(Cl)cc1)c1c(O)[nH]c2ccccc12. The number of para-hydroxylation sites is 1. The molecule has 0 fully saturated rings. The van der Waals surface area contributed by atoms with Gasteiger partial charge in [0.05, 0.1) is 23.9 Å². The van der Waals surface area contributed by atoms with Crippen LogP contribution in [0.25, 0.3) is 10.9 Å². The van der Waals surface area contributed by atoms with Gasteiger partial charge in [0.15, 0.2) is 12.0 Å². The molecule has 0 radical (unpaired) electrons. The van der Waals surface area contributed by atoms with Gasteiger partial charge in [-0.15, -0.1) is 0 Å². The van der Waals surface area contributed by atoms with E-state index in [1.165, 1.54) is 0 Å². The van der Waals surface area contributed by atoms with Crippen LogP contribution in [0.2, 0.25) is 5.02 Å². The lowest BCUT2D eigenvalue weighted by molar-refractivity contribution is -0.426. The van der Waals surface area contributed by atoms with Crippen molar-refractivity contribution in [2.24, 2.45) is 0 Å². The molecule has 0 amide bonds. The number of rotatable bonds is 7. The van der Waals surface area contributed by atoms with Gasteiger partial charge >= 0.3 is 5.97 Å². The Morgan fingerprint density at radius 1 is 1.18 bits per heavy atom. The molecule has 3 rings (SSSR count). The summed E-state index contributed by atoms with van der Waals surface area (Å²) >= 11 is 5.86. The fraction of sp³-hybridized carbons (Fsp3) is 0.190. The predicted molar refractivity (Wildman–Crippen MR) is 108 cm³/mol. The Balaban J connectivity index is 1.95. The molecule has 0 aliphatic carbocycles. The van der Waals surface area contributed by atoms with Crippen molar-refractivity contribution >= 4 is 46.2 Å². The number of carbonyl (C=O) groups is 2. The van der Waals surface area contributed by atoms with E-state index in [1.54, 1.807) is 42.0 Å². The number of aromatic amines is 1. The van der Waals surface area contributed by atoms with Crippen molar-refractivity contribution in [2.75, 3.05) is 13.2 Å². The van der Waals surface area contributed by atoms with Crippen molar-refractivity contribution in [3.8, 4) is 5.88 Å². The number of aromatic hydroxyl groups is 1. The van der Waals surface area contributed by atoms with Gasteiger partial charge in [-0.05, 0) is 43.3 Å². The summed E-state index contributed by atoms with van der Waals surface area (Å²) in [6.45, 7) is 1.84. The molecule has 0 atom stereocenters. The van der Waals surface area contributed by atoms with E-state index in [4.69, 9.17) is 16.3 Å². The number of ketones is 1. The van der Waals surface area contributed by atoms with Gasteiger partial charge < -0.3 is 14.8 Å². The number of fused-ring (bicyclic) bond motifs is 1. The second-order valence-electron chi connectivity index (χ2n) is 6.12. The lowest BCUT2D eigenvalue weighted by Gasteiger charge is -2.04. The van der Waals surface area contributed by atoms with Gasteiger partial charge in [-0.25, -0.2) is 4.79 Å². The lowest BCUT2D eigenvalue weighted by atomic mass is 10.1. The minimum atomic E-state index is -0.456. The molecule has 6 nitrogen and oxygen atoms in total. The number of Topliss-reactive ketones (excluding diaryl/α,β-unsaturated/α-hetero) is 1. The maximum Gasteiger partial charge on any atom is 0.372 e. The standard InChI is InChI=1S/C21H19ClN2O4/c1-2-28-19(26)13-24(12-11-18(25)14-7-9-15(22)10-8-14)20-16-5-3-4-6-17(16)23-21(20)27/h3-10,12,23H,2,11,13H2,1H3/p+1. The molecule has 3 aromatic rings. The Morgan fingerprint density at radius 2 is 1.89 bits per heavy atom. The second-order valence-corrected chi connectivity index (χ2v) is 6.55. The maximum atomic E-state index is 12.5. The Kier molecular flexibility index (Phi) is 6.11. The number of halogens is 1. The summed E-state index contributed by atoms with van der Waals surface area (Å²) in [5.41, 5.74) is 1.66. The molecule has 2 N–H and O–H groups in total. The number of benzene rings is 2. The molecular weight excluding hydrogens is 380 g/mol. The summed E-state index contributed by atoms with van der Waals surface area (Å²) in [5.74, 6) is -0.673. The van der Waals surface area contributed by atoms with E-state index in [0.29, 0.717) is 16.3 Å². The van der Waals surface area contributed by atoms with Crippen LogP contribution in [0.5, 0.6) is 5.88 Å². The van der Waals surface area contributed by atoms with Gasteiger partial charge in [0, 0.05) is 10.6 Å². The molecule has 7 heteroatoms. The molecule has 0 spiro atoms. The largest absolute Gasteiger partial charge is 0.490 e. The number of hydrogen-bond acceptors (Lipinski definition) is 4. The topological polar surface area (TPSA) is 82.4 Å². The van der Waals surface area contributed by atoms with E-state index >= 15 is 0 Å². The average molecular weight is 400 g/mol. The number of nitrogens with one attached hydrogen (secondary N) is 1. The molecule has 0 saturated heterocycles. The van der Waals surface area contributed by atoms with Crippen molar-refractivity contribution in [3.63, 3.8) is 0 Å². The fourth-order valence-electron chi connectivity index (χ4n) is 2.93. The number of aromatic nitrogens is 1.